The lowest BCUT2D eigenvalue weighted by molar-refractivity contribution is -0.123. The molecule has 0 saturated heterocycles. The number of carbonyl (C=O) groups is 3. The number of carbonyl (C=O) groups excluding carboxylic acids is 3. The second-order valence-corrected chi connectivity index (χ2v) is 6.90. The minimum absolute atomic E-state index is 0.228. The molecule has 3 rings (SSSR count). The van der Waals surface area contributed by atoms with Crippen LogP contribution in [0.5, 0.6) is 0 Å². The zero-order valence-electron chi connectivity index (χ0n) is 15.8. The minimum atomic E-state index is -0.699. The smallest absolute Gasteiger partial charge is 0.339 e. The van der Waals surface area contributed by atoms with E-state index in [-0.39, 0.29) is 6.54 Å². The van der Waals surface area contributed by atoms with Crippen LogP contribution in [0.3, 0.4) is 0 Å². The van der Waals surface area contributed by atoms with Gasteiger partial charge in [0.15, 0.2) is 6.61 Å². The van der Waals surface area contributed by atoms with Crippen molar-refractivity contribution in [2.45, 2.75) is 26.2 Å². The van der Waals surface area contributed by atoms with Gasteiger partial charge in [-0.2, -0.15) is 0 Å². The molecule has 0 radical (unpaired) electrons. The first-order valence-corrected chi connectivity index (χ1v) is 9.25. The largest absolute Gasteiger partial charge is 0.452 e. The topological polar surface area (TPSA) is 97.4 Å². The van der Waals surface area contributed by atoms with Gasteiger partial charge in [-0.1, -0.05) is 31.2 Å². The Kier molecular flexibility index (Phi) is 6.03. The van der Waals surface area contributed by atoms with Crippen molar-refractivity contribution in [2.75, 3.05) is 13.2 Å². The number of ether oxygens (including phenoxy) is 1. The SMILES string of the molecule is C=CCNC(=O)NC(=O)COC(=O)c1c2c(nc3ccccc13)CCC(C)C2. The lowest BCUT2D eigenvalue weighted by Crippen LogP contribution is -2.41. The number of para-hydroxylation sites is 1. The predicted octanol–water partition coefficient (Wildman–Crippen LogP) is 2.53. The number of nitrogens with zero attached hydrogens (tertiary/aromatic N) is 1. The summed E-state index contributed by atoms with van der Waals surface area (Å²) in [6.45, 7) is 5.30. The van der Waals surface area contributed by atoms with Crippen LogP contribution in [-0.2, 0) is 22.4 Å². The Morgan fingerprint density at radius 2 is 2.11 bits per heavy atom. The summed E-state index contributed by atoms with van der Waals surface area (Å²) in [7, 11) is 0. The van der Waals surface area contributed by atoms with E-state index in [1.807, 2.05) is 24.3 Å². The van der Waals surface area contributed by atoms with Crippen molar-refractivity contribution in [2.24, 2.45) is 5.92 Å². The maximum atomic E-state index is 12.9. The molecule has 1 unspecified atom stereocenters. The van der Waals surface area contributed by atoms with Crippen LogP contribution in [0.25, 0.3) is 10.9 Å². The van der Waals surface area contributed by atoms with Crippen molar-refractivity contribution < 1.29 is 19.1 Å². The lowest BCUT2D eigenvalue weighted by Gasteiger charge is -2.24. The Morgan fingerprint density at radius 3 is 2.89 bits per heavy atom. The number of benzene rings is 1. The number of amides is 3. The molecule has 1 heterocycles. The fraction of sp³-hybridized carbons (Fsp3) is 0.333. The van der Waals surface area contributed by atoms with Crippen LogP contribution < -0.4 is 10.6 Å². The highest BCUT2D eigenvalue weighted by Crippen LogP contribution is 2.31. The number of rotatable bonds is 5. The van der Waals surface area contributed by atoms with Crippen LogP contribution in [-0.4, -0.2) is 36.0 Å². The third-order valence-corrected chi connectivity index (χ3v) is 4.70. The van der Waals surface area contributed by atoms with Crippen molar-refractivity contribution in [3.8, 4) is 0 Å². The molecule has 7 heteroatoms. The van der Waals surface area contributed by atoms with E-state index in [2.05, 4.69) is 24.1 Å². The maximum absolute atomic E-state index is 12.9. The monoisotopic (exact) mass is 381 g/mol. The first-order valence-electron chi connectivity index (χ1n) is 9.25. The molecule has 0 spiro atoms. The van der Waals surface area contributed by atoms with Gasteiger partial charge in [-0.05, 0) is 36.8 Å². The molecule has 1 aliphatic rings. The fourth-order valence-corrected chi connectivity index (χ4v) is 3.37. The highest BCUT2D eigenvalue weighted by Gasteiger charge is 2.26. The van der Waals surface area contributed by atoms with E-state index in [0.717, 1.165) is 36.0 Å². The molecule has 0 fully saturated rings. The highest BCUT2D eigenvalue weighted by atomic mass is 16.5. The number of hydrogen-bond acceptors (Lipinski definition) is 5. The molecular formula is C21H23N3O4. The van der Waals surface area contributed by atoms with E-state index in [1.165, 1.54) is 6.08 Å². The molecule has 1 aromatic carbocycles. The van der Waals surface area contributed by atoms with Gasteiger partial charge < -0.3 is 10.1 Å². The molecule has 2 N–H and O–H groups in total. The van der Waals surface area contributed by atoms with E-state index in [0.29, 0.717) is 16.9 Å². The number of nitrogens with one attached hydrogen (secondary N) is 2. The quantitative estimate of drug-likeness (QED) is 0.613. The number of imide groups is 1. The van der Waals surface area contributed by atoms with Crippen LogP contribution in [0.2, 0.25) is 0 Å². The second kappa shape index (κ2) is 8.65. The number of fused-ring (bicyclic) bond motifs is 2. The molecule has 1 aliphatic carbocycles. The number of urea groups is 1. The summed E-state index contributed by atoms with van der Waals surface area (Å²) in [6, 6.07) is 6.75. The lowest BCUT2D eigenvalue weighted by atomic mass is 9.84. The maximum Gasteiger partial charge on any atom is 0.339 e. The molecule has 7 nitrogen and oxygen atoms in total. The number of pyridine rings is 1. The summed E-state index contributed by atoms with van der Waals surface area (Å²) in [6.07, 6.45) is 4.07. The molecule has 0 bridgehead atoms. The summed E-state index contributed by atoms with van der Waals surface area (Å²) in [5, 5.41) is 5.23. The fourth-order valence-electron chi connectivity index (χ4n) is 3.37. The van der Waals surface area contributed by atoms with E-state index in [1.54, 1.807) is 0 Å². The van der Waals surface area contributed by atoms with Crippen LogP contribution in [0.15, 0.2) is 36.9 Å². The van der Waals surface area contributed by atoms with Gasteiger partial charge in [-0.25, -0.2) is 9.59 Å². The summed E-state index contributed by atoms with van der Waals surface area (Å²) in [5.41, 5.74) is 3.01. The van der Waals surface area contributed by atoms with Crippen LogP contribution in [0.1, 0.15) is 35.0 Å². The van der Waals surface area contributed by atoms with Crippen LogP contribution >= 0.6 is 0 Å². The summed E-state index contributed by atoms with van der Waals surface area (Å²) < 4.78 is 5.23. The van der Waals surface area contributed by atoms with Crippen molar-refractivity contribution in [1.29, 1.82) is 0 Å². The van der Waals surface area contributed by atoms with Gasteiger partial charge in [-0.3, -0.25) is 15.1 Å². The molecule has 28 heavy (non-hydrogen) atoms. The molecule has 1 atom stereocenters. The van der Waals surface area contributed by atoms with E-state index >= 15 is 0 Å². The van der Waals surface area contributed by atoms with E-state index in [4.69, 9.17) is 9.72 Å². The summed E-state index contributed by atoms with van der Waals surface area (Å²) in [5.74, 6) is -0.833. The standard InChI is InChI=1S/C21H23N3O4/c1-3-10-22-21(27)24-18(25)12-28-20(26)19-14-6-4-5-7-16(14)23-17-9-8-13(2)11-15(17)19/h3-7,13H,1,8-12H2,2H3,(H2,22,24,25,27). The van der Waals surface area contributed by atoms with Crippen molar-refractivity contribution >= 4 is 28.8 Å². The Labute approximate surface area is 163 Å². The number of aromatic nitrogens is 1. The molecule has 1 aromatic heterocycles. The third kappa shape index (κ3) is 4.36. The van der Waals surface area contributed by atoms with E-state index in [9.17, 15) is 14.4 Å². The first-order chi connectivity index (χ1) is 13.5. The Hall–Kier alpha value is -3.22. The van der Waals surface area contributed by atoms with Gasteiger partial charge in [0, 0.05) is 17.6 Å². The van der Waals surface area contributed by atoms with Crippen molar-refractivity contribution in [3.05, 3.63) is 53.7 Å². The summed E-state index contributed by atoms with van der Waals surface area (Å²) in [4.78, 5) is 40.9. The normalized spacial score (nSPS) is 15.4. The average Bonchev–Trinajstić information content (AvgIpc) is 2.68. The van der Waals surface area contributed by atoms with Crippen LogP contribution in [0, 0.1) is 5.92 Å². The molecule has 146 valence electrons. The summed E-state index contributed by atoms with van der Waals surface area (Å²) >= 11 is 0. The van der Waals surface area contributed by atoms with Gasteiger partial charge in [-0.15, -0.1) is 6.58 Å². The van der Waals surface area contributed by atoms with Gasteiger partial charge in [0.2, 0.25) is 0 Å². The Balaban J connectivity index is 1.79. The third-order valence-electron chi connectivity index (χ3n) is 4.70. The number of hydrogen-bond donors (Lipinski definition) is 2. The number of aryl methyl sites for hydroxylation is 1. The molecule has 0 aliphatic heterocycles. The second-order valence-electron chi connectivity index (χ2n) is 6.90. The first kappa shape index (κ1) is 19.5. The predicted molar refractivity (Wildman–Crippen MR) is 105 cm³/mol. The number of esters is 1. The molecule has 3 amide bonds. The van der Waals surface area contributed by atoms with Gasteiger partial charge in [0.05, 0.1) is 11.1 Å². The average molecular weight is 381 g/mol. The minimum Gasteiger partial charge on any atom is -0.452 e. The Bertz CT molecular complexity index is 939. The highest BCUT2D eigenvalue weighted by molar-refractivity contribution is 6.06. The molecule has 0 saturated carbocycles. The zero-order valence-corrected chi connectivity index (χ0v) is 15.8. The Morgan fingerprint density at radius 1 is 1.32 bits per heavy atom. The van der Waals surface area contributed by atoms with E-state index < -0.39 is 24.5 Å². The van der Waals surface area contributed by atoms with Crippen molar-refractivity contribution in [3.63, 3.8) is 0 Å². The van der Waals surface area contributed by atoms with Crippen LogP contribution in [0.4, 0.5) is 4.79 Å². The molecular weight excluding hydrogens is 358 g/mol. The zero-order chi connectivity index (χ0) is 20.1. The van der Waals surface area contributed by atoms with Gasteiger partial charge in [0.25, 0.3) is 5.91 Å². The van der Waals surface area contributed by atoms with Gasteiger partial charge >= 0.3 is 12.0 Å². The van der Waals surface area contributed by atoms with Gasteiger partial charge in [0.1, 0.15) is 0 Å². The van der Waals surface area contributed by atoms with Crippen molar-refractivity contribution in [1.82, 2.24) is 15.6 Å². The molecule has 2 aromatic rings.